The van der Waals surface area contributed by atoms with Gasteiger partial charge in [0.25, 0.3) is 5.91 Å². The lowest BCUT2D eigenvalue weighted by atomic mass is 10.0. The molecule has 1 aliphatic heterocycles. The number of amides is 1. The molecule has 0 aliphatic carbocycles. The first kappa shape index (κ1) is 19.8. The summed E-state index contributed by atoms with van der Waals surface area (Å²) in [5, 5.41) is 11.3. The minimum atomic E-state index is -3.34. The van der Waals surface area contributed by atoms with E-state index in [1.54, 1.807) is 19.1 Å². The number of rotatable bonds is 5. The van der Waals surface area contributed by atoms with Gasteiger partial charge in [0.05, 0.1) is 16.4 Å². The van der Waals surface area contributed by atoms with Crippen molar-refractivity contribution in [2.45, 2.75) is 24.7 Å². The lowest BCUT2D eigenvalue weighted by Gasteiger charge is -2.30. The molecule has 0 atom stereocenters. The van der Waals surface area contributed by atoms with Crippen molar-refractivity contribution in [1.82, 2.24) is 0 Å². The summed E-state index contributed by atoms with van der Waals surface area (Å²) in [5.41, 5.74) is 1.30. The van der Waals surface area contributed by atoms with Crippen LogP contribution in [-0.2, 0) is 16.3 Å². The van der Waals surface area contributed by atoms with Crippen molar-refractivity contribution in [3.05, 3.63) is 57.6 Å². The number of nitro groups is 1. The van der Waals surface area contributed by atoms with Gasteiger partial charge in [-0.15, -0.1) is 0 Å². The molecule has 0 bridgehead atoms. The van der Waals surface area contributed by atoms with Crippen molar-refractivity contribution in [2.24, 2.45) is 0 Å². The molecule has 9 heteroatoms. The lowest BCUT2D eigenvalue weighted by Crippen LogP contribution is -2.35. The molecule has 0 saturated carbocycles. The molecule has 0 radical (unpaired) electrons. The summed E-state index contributed by atoms with van der Waals surface area (Å²) < 4.78 is 28.8. The van der Waals surface area contributed by atoms with Crippen LogP contribution in [0.3, 0.4) is 0 Å². The fraction of sp³-hybridized carbons (Fsp3) is 0.316. The minimum absolute atomic E-state index is 0.112. The van der Waals surface area contributed by atoms with E-state index in [-0.39, 0.29) is 34.4 Å². The number of nitro benzene ring substituents is 1. The van der Waals surface area contributed by atoms with Crippen LogP contribution in [0.25, 0.3) is 0 Å². The molecule has 0 saturated heterocycles. The monoisotopic (exact) mass is 404 g/mol. The smallest absolute Gasteiger partial charge is 0.311 e. The number of hydrogen-bond acceptors (Lipinski definition) is 6. The highest BCUT2D eigenvalue weighted by Gasteiger charge is 2.27. The minimum Gasteiger partial charge on any atom is -0.487 e. The second kappa shape index (κ2) is 7.59. The third-order valence-electron chi connectivity index (χ3n) is 4.55. The zero-order chi connectivity index (χ0) is 20.5. The van der Waals surface area contributed by atoms with Crippen molar-refractivity contribution in [3.8, 4) is 5.75 Å². The summed E-state index contributed by atoms with van der Waals surface area (Å²) in [6.07, 6.45) is 2.47. The van der Waals surface area contributed by atoms with Gasteiger partial charge in [-0.05, 0) is 55.7 Å². The van der Waals surface area contributed by atoms with Gasteiger partial charge in [0.1, 0.15) is 0 Å². The fourth-order valence-electron chi connectivity index (χ4n) is 3.24. The highest BCUT2D eigenvalue weighted by molar-refractivity contribution is 7.90. The van der Waals surface area contributed by atoms with E-state index >= 15 is 0 Å². The van der Waals surface area contributed by atoms with Gasteiger partial charge in [-0.1, -0.05) is 0 Å². The van der Waals surface area contributed by atoms with Gasteiger partial charge in [0.2, 0.25) is 0 Å². The molecule has 1 aliphatic rings. The van der Waals surface area contributed by atoms with E-state index < -0.39 is 14.8 Å². The first-order valence-electron chi connectivity index (χ1n) is 8.78. The number of carbonyl (C=O) groups is 1. The summed E-state index contributed by atoms with van der Waals surface area (Å²) in [6, 6.07) is 8.81. The molecule has 0 unspecified atom stereocenters. The Bertz CT molecular complexity index is 1050. The number of fused-ring (bicyclic) bond motifs is 1. The second-order valence-corrected chi connectivity index (χ2v) is 8.51. The van der Waals surface area contributed by atoms with Gasteiger partial charge in [-0.2, -0.15) is 0 Å². The summed E-state index contributed by atoms with van der Waals surface area (Å²) in [5.74, 6) is -0.264. The van der Waals surface area contributed by atoms with E-state index in [1.807, 2.05) is 0 Å². The van der Waals surface area contributed by atoms with Crippen molar-refractivity contribution >= 4 is 27.1 Å². The lowest BCUT2D eigenvalue weighted by molar-refractivity contribution is -0.385. The van der Waals surface area contributed by atoms with Crippen molar-refractivity contribution in [2.75, 3.05) is 24.3 Å². The van der Waals surface area contributed by atoms with Crippen molar-refractivity contribution < 1.29 is 22.9 Å². The maximum absolute atomic E-state index is 13.0. The van der Waals surface area contributed by atoms with Gasteiger partial charge in [-0.3, -0.25) is 14.9 Å². The van der Waals surface area contributed by atoms with E-state index in [9.17, 15) is 23.3 Å². The Labute approximate surface area is 162 Å². The van der Waals surface area contributed by atoms with Crippen LogP contribution in [0.2, 0.25) is 0 Å². The maximum atomic E-state index is 13.0. The maximum Gasteiger partial charge on any atom is 0.311 e. The topological polar surface area (TPSA) is 107 Å². The predicted molar refractivity (Wildman–Crippen MR) is 104 cm³/mol. The number of carbonyl (C=O) groups excluding carboxylic acids is 1. The first-order valence-corrected chi connectivity index (χ1v) is 10.7. The summed E-state index contributed by atoms with van der Waals surface area (Å²) in [4.78, 5) is 25.5. The number of anilines is 1. The molecule has 0 fully saturated rings. The molecule has 0 aromatic heterocycles. The molecule has 2 aromatic carbocycles. The Morgan fingerprint density at radius 1 is 1.25 bits per heavy atom. The number of aryl methyl sites for hydroxylation is 1. The molecule has 2 aromatic rings. The quantitative estimate of drug-likeness (QED) is 0.560. The van der Waals surface area contributed by atoms with Crippen LogP contribution in [-0.4, -0.2) is 38.7 Å². The molecule has 8 nitrogen and oxygen atoms in total. The van der Waals surface area contributed by atoms with Gasteiger partial charge < -0.3 is 9.64 Å². The molecule has 1 amide bonds. The average Bonchev–Trinajstić information content (AvgIpc) is 2.66. The summed E-state index contributed by atoms with van der Waals surface area (Å²) >= 11 is 0. The van der Waals surface area contributed by atoms with Gasteiger partial charge >= 0.3 is 5.69 Å². The van der Waals surface area contributed by atoms with E-state index in [2.05, 4.69) is 0 Å². The third kappa shape index (κ3) is 3.84. The van der Waals surface area contributed by atoms with E-state index in [0.29, 0.717) is 25.1 Å². The molecule has 0 N–H and O–H groups in total. The fourth-order valence-corrected chi connectivity index (χ4v) is 3.91. The van der Waals surface area contributed by atoms with Crippen molar-refractivity contribution in [3.63, 3.8) is 0 Å². The van der Waals surface area contributed by atoms with E-state index in [0.717, 1.165) is 11.8 Å². The Balaban J connectivity index is 1.99. The van der Waals surface area contributed by atoms with Crippen LogP contribution in [0.15, 0.2) is 41.3 Å². The number of benzene rings is 2. The average molecular weight is 404 g/mol. The van der Waals surface area contributed by atoms with Gasteiger partial charge in [-0.25, -0.2) is 8.42 Å². The molecule has 148 valence electrons. The highest BCUT2D eigenvalue weighted by atomic mass is 32.2. The molecule has 28 heavy (non-hydrogen) atoms. The Hall–Kier alpha value is -2.94. The molecular formula is C19H20N2O6S. The molecule has 0 spiro atoms. The Morgan fingerprint density at radius 2 is 2.00 bits per heavy atom. The summed E-state index contributed by atoms with van der Waals surface area (Å²) in [6.45, 7) is 2.44. The Morgan fingerprint density at radius 3 is 2.64 bits per heavy atom. The van der Waals surface area contributed by atoms with Crippen LogP contribution >= 0.6 is 0 Å². The second-order valence-electron chi connectivity index (χ2n) is 6.50. The van der Waals surface area contributed by atoms with Crippen LogP contribution in [0.5, 0.6) is 5.75 Å². The highest BCUT2D eigenvalue weighted by Crippen LogP contribution is 2.33. The number of sulfone groups is 1. The van der Waals surface area contributed by atoms with Crippen LogP contribution in [0.4, 0.5) is 11.4 Å². The molecular weight excluding hydrogens is 384 g/mol. The molecule has 1 heterocycles. The largest absolute Gasteiger partial charge is 0.487 e. The number of ether oxygens (including phenoxy) is 1. The summed E-state index contributed by atoms with van der Waals surface area (Å²) in [7, 11) is -3.34. The van der Waals surface area contributed by atoms with Crippen LogP contribution < -0.4 is 9.64 Å². The van der Waals surface area contributed by atoms with E-state index in [4.69, 9.17) is 4.74 Å². The zero-order valence-electron chi connectivity index (χ0n) is 15.5. The van der Waals surface area contributed by atoms with Gasteiger partial charge in [0.15, 0.2) is 15.6 Å². The molecule has 3 rings (SSSR count). The predicted octanol–water partition coefficient (Wildman–Crippen LogP) is 2.99. The third-order valence-corrected chi connectivity index (χ3v) is 5.66. The standard InChI is InChI=1S/C19H20N2O6S/c1-3-27-18-9-6-14(12-17(18)21(23)24)19(22)20-10-4-5-13-11-15(28(2,25)26)7-8-16(13)20/h6-9,11-12H,3-5,10H2,1-2H3. The SMILES string of the molecule is CCOc1ccc(C(=O)N2CCCc3cc(S(C)(=O)=O)ccc32)cc1[N+](=O)[O-]. The van der Waals surface area contributed by atoms with Crippen LogP contribution in [0.1, 0.15) is 29.3 Å². The van der Waals surface area contributed by atoms with Crippen LogP contribution in [0, 0.1) is 10.1 Å². The van der Waals surface area contributed by atoms with Gasteiger partial charge in [0, 0.05) is 30.1 Å². The first-order chi connectivity index (χ1) is 13.2. The number of nitrogens with zero attached hydrogens (tertiary/aromatic N) is 2. The van der Waals surface area contributed by atoms with Crippen molar-refractivity contribution in [1.29, 1.82) is 0 Å². The Kier molecular flexibility index (Phi) is 5.37. The number of hydrogen-bond donors (Lipinski definition) is 0. The zero-order valence-corrected chi connectivity index (χ0v) is 16.4. The normalized spacial score (nSPS) is 13.7. The van der Waals surface area contributed by atoms with E-state index in [1.165, 1.54) is 29.2 Å².